The van der Waals surface area contributed by atoms with E-state index in [2.05, 4.69) is 11.2 Å². The standard InChI is InChI=1S/C5HCl2FN/c6-3-1-4(7)5(8)9-2-3/h1H. The van der Waals surface area contributed by atoms with E-state index in [9.17, 15) is 4.39 Å². The van der Waals surface area contributed by atoms with Gasteiger partial charge in [0.2, 0.25) is 5.95 Å². The molecule has 47 valence electrons. The molecule has 0 aliphatic carbocycles. The lowest BCUT2D eigenvalue weighted by molar-refractivity contribution is 0.583. The summed E-state index contributed by atoms with van der Waals surface area (Å²) < 4.78 is 12.2. The molecule has 0 spiro atoms. The zero-order valence-electron chi connectivity index (χ0n) is 4.16. The number of nitrogens with zero attached hydrogens (tertiary/aromatic N) is 1. The van der Waals surface area contributed by atoms with E-state index in [0.29, 0.717) is 0 Å². The van der Waals surface area contributed by atoms with Crippen LogP contribution in [0.3, 0.4) is 0 Å². The molecule has 0 bridgehead atoms. The summed E-state index contributed by atoms with van der Waals surface area (Å²) in [5.74, 6) is -0.749. The van der Waals surface area contributed by atoms with E-state index in [4.69, 9.17) is 23.2 Å². The lowest BCUT2D eigenvalue weighted by Gasteiger charge is -1.89. The van der Waals surface area contributed by atoms with Gasteiger partial charge in [-0.3, -0.25) is 0 Å². The van der Waals surface area contributed by atoms with Crippen LogP contribution in [0, 0.1) is 12.1 Å². The molecule has 0 amide bonds. The zero-order valence-corrected chi connectivity index (χ0v) is 5.67. The molecule has 1 rings (SSSR count). The summed E-state index contributed by atoms with van der Waals surface area (Å²) in [7, 11) is 0. The maximum absolute atomic E-state index is 12.2. The van der Waals surface area contributed by atoms with Gasteiger partial charge in [-0.25, -0.2) is 4.98 Å². The van der Waals surface area contributed by atoms with Crippen molar-refractivity contribution in [3.8, 4) is 0 Å². The monoisotopic (exact) mass is 164 g/mol. The molecule has 1 heterocycles. The molecule has 1 aromatic heterocycles. The lowest BCUT2D eigenvalue weighted by atomic mass is 10.5. The molecule has 0 saturated heterocycles. The van der Waals surface area contributed by atoms with Gasteiger partial charge in [-0.1, -0.05) is 23.2 Å². The average molecular weight is 165 g/mol. The number of hydrogen-bond acceptors (Lipinski definition) is 1. The molecule has 9 heavy (non-hydrogen) atoms. The van der Waals surface area contributed by atoms with Crippen molar-refractivity contribution in [3.05, 3.63) is 28.3 Å². The Kier molecular flexibility index (Phi) is 1.88. The van der Waals surface area contributed by atoms with Crippen LogP contribution in [-0.2, 0) is 0 Å². The highest BCUT2D eigenvalue weighted by atomic mass is 35.5. The fourth-order valence-corrected chi connectivity index (χ4v) is 0.718. The van der Waals surface area contributed by atoms with Crippen LogP contribution >= 0.6 is 23.2 Å². The first-order valence-corrected chi connectivity index (χ1v) is 2.85. The molecule has 1 radical (unpaired) electrons. The quantitative estimate of drug-likeness (QED) is 0.537. The molecule has 0 aromatic carbocycles. The van der Waals surface area contributed by atoms with E-state index in [1.54, 1.807) is 0 Å². The molecule has 0 unspecified atom stereocenters. The van der Waals surface area contributed by atoms with Gasteiger partial charge < -0.3 is 0 Å². The highest BCUT2D eigenvalue weighted by molar-refractivity contribution is 6.34. The molecule has 0 atom stereocenters. The minimum atomic E-state index is -0.749. The van der Waals surface area contributed by atoms with Crippen LogP contribution in [0.15, 0.2) is 6.07 Å². The van der Waals surface area contributed by atoms with Crippen LogP contribution in [0.2, 0.25) is 10.0 Å². The van der Waals surface area contributed by atoms with Gasteiger partial charge in [0.15, 0.2) is 0 Å². The van der Waals surface area contributed by atoms with Crippen LogP contribution in [0.5, 0.6) is 0 Å². The van der Waals surface area contributed by atoms with Crippen molar-refractivity contribution >= 4 is 23.2 Å². The zero-order chi connectivity index (χ0) is 6.85. The summed E-state index contributed by atoms with van der Waals surface area (Å²) in [5.41, 5.74) is 0. The first kappa shape index (κ1) is 6.78. The van der Waals surface area contributed by atoms with Crippen molar-refractivity contribution in [3.63, 3.8) is 0 Å². The van der Waals surface area contributed by atoms with Crippen molar-refractivity contribution in [2.24, 2.45) is 0 Å². The van der Waals surface area contributed by atoms with Crippen LogP contribution in [0.4, 0.5) is 4.39 Å². The molecule has 0 fully saturated rings. The second kappa shape index (κ2) is 2.50. The third kappa shape index (κ3) is 1.53. The molecule has 0 saturated carbocycles. The molecule has 0 N–H and O–H groups in total. The first-order valence-electron chi connectivity index (χ1n) is 2.09. The van der Waals surface area contributed by atoms with E-state index in [1.165, 1.54) is 6.07 Å². The van der Waals surface area contributed by atoms with E-state index in [0.717, 1.165) is 0 Å². The van der Waals surface area contributed by atoms with Gasteiger partial charge in [-0.05, 0) is 6.07 Å². The number of rotatable bonds is 0. The topological polar surface area (TPSA) is 12.9 Å². The van der Waals surface area contributed by atoms with Gasteiger partial charge in [0.1, 0.15) is 6.20 Å². The Labute approximate surface area is 61.4 Å². The van der Waals surface area contributed by atoms with Gasteiger partial charge in [0.05, 0.1) is 10.0 Å². The van der Waals surface area contributed by atoms with Gasteiger partial charge in [-0.2, -0.15) is 4.39 Å². The van der Waals surface area contributed by atoms with Crippen molar-refractivity contribution in [2.75, 3.05) is 0 Å². The van der Waals surface area contributed by atoms with Crippen LogP contribution in [-0.4, -0.2) is 4.98 Å². The number of hydrogen-bond donors (Lipinski definition) is 0. The van der Waals surface area contributed by atoms with Crippen LogP contribution in [0.25, 0.3) is 0 Å². The number of aromatic nitrogens is 1. The molecule has 4 heteroatoms. The minimum absolute atomic E-state index is 0.0845. The predicted molar refractivity (Wildman–Crippen MR) is 33.1 cm³/mol. The van der Waals surface area contributed by atoms with Gasteiger partial charge in [0.25, 0.3) is 0 Å². The molecular formula is C5HCl2FN. The Morgan fingerprint density at radius 3 is 2.67 bits per heavy atom. The van der Waals surface area contributed by atoms with Gasteiger partial charge >= 0.3 is 0 Å². The van der Waals surface area contributed by atoms with E-state index < -0.39 is 5.95 Å². The molecule has 1 nitrogen and oxygen atoms in total. The number of pyridine rings is 1. The molecular weight excluding hydrogens is 164 g/mol. The van der Waals surface area contributed by atoms with Crippen molar-refractivity contribution in [1.82, 2.24) is 4.98 Å². The summed E-state index contributed by atoms with van der Waals surface area (Å²) in [6, 6.07) is 1.24. The maximum atomic E-state index is 12.2. The van der Waals surface area contributed by atoms with E-state index in [1.807, 2.05) is 0 Å². The second-order valence-electron chi connectivity index (χ2n) is 1.35. The highest BCUT2D eigenvalue weighted by Gasteiger charge is 1.99. The first-order chi connectivity index (χ1) is 4.20. The van der Waals surface area contributed by atoms with Crippen LogP contribution < -0.4 is 0 Å². The lowest BCUT2D eigenvalue weighted by Crippen LogP contribution is -1.81. The summed E-state index contributed by atoms with van der Waals surface area (Å²) in [5, 5.41) is 0.125. The Morgan fingerprint density at radius 1 is 1.56 bits per heavy atom. The number of halogens is 3. The normalized spacial score (nSPS) is 9.67. The Hall–Kier alpha value is -0.340. The Bertz CT molecular complexity index is 226. The third-order valence-electron chi connectivity index (χ3n) is 0.711. The summed E-state index contributed by atoms with van der Waals surface area (Å²) in [6.07, 6.45) is 2.20. The smallest absolute Gasteiger partial charge is 0.215 e. The predicted octanol–water partition coefficient (Wildman–Crippen LogP) is 2.33. The second-order valence-corrected chi connectivity index (χ2v) is 2.17. The minimum Gasteiger partial charge on any atom is -0.215 e. The van der Waals surface area contributed by atoms with Crippen molar-refractivity contribution in [2.45, 2.75) is 0 Å². The SMILES string of the molecule is Fc1n[c]c(Cl)cc1Cl. The van der Waals surface area contributed by atoms with E-state index >= 15 is 0 Å². The summed E-state index contributed by atoms with van der Waals surface area (Å²) >= 11 is 10.6. The maximum Gasteiger partial charge on any atom is 0.232 e. The molecule has 0 aliphatic rings. The fourth-order valence-electron chi connectivity index (χ4n) is 0.359. The van der Waals surface area contributed by atoms with Gasteiger partial charge in [-0.15, -0.1) is 0 Å². The van der Waals surface area contributed by atoms with E-state index in [-0.39, 0.29) is 10.0 Å². The Balaban J connectivity index is 3.17. The van der Waals surface area contributed by atoms with Crippen molar-refractivity contribution in [1.29, 1.82) is 0 Å². The Morgan fingerprint density at radius 2 is 2.22 bits per heavy atom. The largest absolute Gasteiger partial charge is 0.232 e. The average Bonchev–Trinajstić information content (AvgIpc) is 1.80. The summed E-state index contributed by atoms with van der Waals surface area (Å²) in [4.78, 5) is 3.12. The highest BCUT2D eigenvalue weighted by Crippen LogP contribution is 2.15. The summed E-state index contributed by atoms with van der Waals surface area (Å²) in [6.45, 7) is 0. The third-order valence-corrected chi connectivity index (χ3v) is 1.17. The van der Waals surface area contributed by atoms with Crippen molar-refractivity contribution < 1.29 is 4.39 Å². The molecule has 1 aromatic rings. The van der Waals surface area contributed by atoms with Crippen LogP contribution in [0.1, 0.15) is 0 Å². The fraction of sp³-hybridized carbons (Fsp3) is 0. The molecule has 0 aliphatic heterocycles. The van der Waals surface area contributed by atoms with Gasteiger partial charge in [0, 0.05) is 0 Å².